The topological polar surface area (TPSA) is 65.7 Å². The van der Waals surface area contributed by atoms with Crippen LogP contribution in [0, 0.1) is 0 Å². The molecule has 1 saturated heterocycles. The Labute approximate surface area is 174 Å². The molecule has 3 heterocycles. The number of thiophene rings is 1. The highest BCUT2D eigenvalue weighted by atomic mass is 32.1. The van der Waals surface area contributed by atoms with E-state index in [1.807, 2.05) is 53.7 Å². The smallest absolute Gasteiger partial charge is 0.268 e. The van der Waals surface area contributed by atoms with Crippen LogP contribution >= 0.6 is 11.3 Å². The molecular weight excluding hydrogens is 386 g/mol. The Balaban J connectivity index is 1.30. The van der Waals surface area contributed by atoms with E-state index >= 15 is 0 Å². The molecule has 8 heteroatoms. The van der Waals surface area contributed by atoms with Gasteiger partial charge in [-0.25, -0.2) is 0 Å². The van der Waals surface area contributed by atoms with Crippen LogP contribution in [0.3, 0.4) is 0 Å². The Hall–Kier alpha value is -2.71. The largest absolute Gasteiger partial charge is 0.375 e. The van der Waals surface area contributed by atoms with Crippen LogP contribution in [-0.4, -0.2) is 65.6 Å². The lowest BCUT2D eigenvalue weighted by atomic mass is 10.1. The van der Waals surface area contributed by atoms with Crippen LogP contribution in [0.2, 0.25) is 0 Å². The molecule has 29 heavy (non-hydrogen) atoms. The number of rotatable bonds is 6. The molecule has 4 rings (SSSR count). The first kappa shape index (κ1) is 19.6. The molecule has 0 radical (unpaired) electrons. The van der Waals surface area contributed by atoms with Crippen molar-refractivity contribution in [2.75, 3.05) is 44.7 Å². The van der Waals surface area contributed by atoms with Crippen LogP contribution in [0.5, 0.6) is 0 Å². The van der Waals surface area contributed by atoms with Crippen LogP contribution in [0.25, 0.3) is 10.8 Å². The van der Waals surface area contributed by atoms with E-state index in [0.29, 0.717) is 31.3 Å². The van der Waals surface area contributed by atoms with Gasteiger partial charge in [0.05, 0.1) is 11.4 Å². The summed E-state index contributed by atoms with van der Waals surface area (Å²) in [5.74, 6) is 1.35. The van der Waals surface area contributed by atoms with Crippen molar-refractivity contribution in [3.8, 4) is 10.8 Å². The van der Waals surface area contributed by atoms with Crippen molar-refractivity contribution in [3.05, 3.63) is 53.2 Å². The molecule has 1 aromatic carbocycles. The lowest BCUT2D eigenvalue weighted by Crippen LogP contribution is -2.48. The van der Waals surface area contributed by atoms with Crippen LogP contribution < -0.4 is 4.90 Å². The number of hydrogen-bond acceptors (Lipinski definition) is 7. The van der Waals surface area contributed by atoms with Gasteiger partial charge in [0.2, 0.25) is 0 Å². The number of benzene rings is 1. The molecule has 0 saturated carbocycles. The highest BCUT2D eigenvalue weighted by Gasteiger charge is 2.23. The Morgan fingerprint density at radius 3 is 2.59 bits per heavy atom. The SMILES string of the molecule is CCN(C)c1ccc(C(=O)N2CCN(Cc3noc(-c4cccs4)n3)CC2)cc1. The zero-order valence-electron chi connectivity index (χ0n) is 16.7. The molecule has 0 atom stereocenters. The van der Waals surface area contributed by atoms with Gasteiger partial charge < -0.3 is 14.3 Å². The predicted octanol–water partition coefficient (Wildman–Crippen LogP) is 3.21. The maximum absolute atomic E-state index is 12.8. The van der Waals surface area contributed by atoms with E-state index in [1.54, 1.807) is 11.3 Å². The summed E-state index contributed by atoms with van der Waals surface area (Å²) in [7, 11) is 2.04. The van der Waals surface area contributed by atoms with Gasteiger partial charge in [-0.3, -0.25) is 9.69 Å². The zero-order chi connectivity index (χ0) is 20.2. The van der Waals surface area contributed by atoms with E-state index in [4.69, 9.17) is 4.52 Å². The fourth-order valence-corrected chi connectivity index (χ4v) is 4.00. The summed E-state index contributed by atoms with van der Waals surface area (Å²) in [6, 6.07) is 11.8. The minimum atomic E-state index is 0.0925. The molecule has 1 fully saturated rings. The molecule has 1 amide bonds. The first-order valence-corrected chi connectivity index (χ1v) is 10.7. The lowest BCUT2D eigenvalue weighted by molar-refractivity contribution is 0.0624. The molecule has 152 valence electrons. The van der Waals surface area contributed by atoms with E-state index in [2.05, 4.69) is 26.9 Å². The second-order valence-corrected chi connectivity index (χ2v) is 8.07. The van der Waals surface area contributed by atoms with Gasteiger partial charge in [0.1, 0.15) is 0 Å². The molecule has 0 spiro atoms. The van der Waals surface area contributed by atoms with Crippen LogP contribution in [0.15, 0.2) is 46.3 Å². The number of nitrogens with zero attached hydrogens (tertiary/aromatic N) is 5. The fourth-order valence-electron chi connectivity index (χ4n) is 3.35. The number of carbonyl (C=O) groups excluding carboxylic acids is 1. The quantitative estimate of drug-likeness (QED) is 0.621. The van der Waals surface area contributed by atoms with E-state index in [9.17, 15) is 4.79 Å². The summed E-state index contributed by atoms with van der Waals surface area (Å²) in [5, 5.41) is 6.08. The van der Waals surface area contributed by atoms with Gasteiger partial charge >= 0.3 is 0 Å². The highest BCUT2D eigenvalue weighted by Crippen LogP contribution is 2.23. The number of amides is 1. The molecule has 2 aromatic heterocycles. The third-order valence-corrected chi connectivity index (χ3v) is 6.11. The van der Waals surface area contributed by atoms with E-state index in [1.165, 1.54) is 0 Å². The maximum Gasteiger partial charge on any atom is 0.268 e. The monoisotopic (exact) mass is 411 g/mol. The molecular formula is C21H25N5O2S. The average Bonchev–Trinajstić information content (AvgIpc) is 3.45. The molecule has 0 N–H and O–H groups in total. The number of hydrogen-bond donors (Lipinski definition) is 0. The summed E-state index contributed by atoms with van der Waals surface area (Å²) < 4.78 is 5.36. The van der Waals surface area contributed by atoms with Crippen molar-refractivity contribution in [2.24, 2.45) is 0 Å². The fraction of sp³-hybridized carbons (Fsp3) is 0.381. The Bertz CT molecular complexity index is 930. The van der Waals surface area contributed by atoms with Crippen molar-refractivity contribution in [2.45, 2.75) is 13.5 Å². The minimum absolute atomic E-state index is 0.0925. The van der Waals surface area contributed by atoms with Gasteiger partial charge in [0.25, 0.3) is 11.8 Å². The van der Waals surface area contributed by atoms with Gasteiger partial charge in [0.15, 0.2) is 5.82 Å². The second kappa shape index (κ2) is 8.75. The molecule has 0 bridgehead atoms. The van der Waals surface area contributed by atoms with Crippen molar-refractivity contribution in [1.82, 2.24) is 19.9 Å². The normalized spacial score (nSPS) is 14.9. The first-order chi connectivity index (χ1) is 14.1. The van der Waals surface area contributed by atoms with Crippen LogP contribution in [0.4, 0.5) is 5.69 Å². The molecule has 7 nitrogen and oxygen atoms in total. The van der Waals surface area contributed by atoms with Crippen molar-refractivity contribution in [1.29, 1.82) is 0 Å². The third-order valence-electron chi connectivity index (χ3n) is 5.25. The van der Waals surface area contributed by atoms with Gasteiger partial charge in [-0.1, -0.05) is 11.2 Å². The summed E-state index contributed by atoms with van der Waals surface area (Å²) in [5.41, 5.74) is 1.86. The second-order valence-electron chi connectivity index (χ2n) is 7.12. The van der Waals surface area contributed by atoms with Gasteiger partial charge in [0, 0.05) is 51.0 Å². The van der Waals surface area contributed by atoms with Gasteiger partial charge in [-0.15, -0.1) is 11.3 Å². The molecule has 1 aliphatic heterocycles. The molecule has 0 unspecified atom stereocenters. The Kier molecular flexibility index (Phi) is 5.92. The Morgan fingerprint density at radius 1 is 1.17 bits per heavy atom. The van der Waals surface area contributed by atoms with Crippen LogP contribution in [0.1, 0.15) is 23.1 Å². The van der Waals surface area contributed by atoms with E-state index < -0.39 is 0 Å². The standard InChI is InChI=1S/C21H25N5O2S/c1-3-24(2)17-8-6-16(7-9-17)21(27)26-12-10-25(11-13-26)15-19-22-20(28-23-19)18-5-4-14-29-18/h4-9,14H,3,10-13,15H2,1-2H3. The van der Waals surface area contributed by atoms with Gasteiger partial charge in [-0.05, 0) is 42.6 Å². The molecule has 3 aromatic rings. The highest BCUT2D eigenvalue weighted by molar-refractivity contribution is 7.13. The summed E-state index contributed by atoms with van der Waals surface area (Å²) >= 11 is 1.58. The Morgan fingerprint density at radius 2 is 1.93 bits per heavy atom. The van der Waals surface area contributed by atoms with E-state index in [0.717, 1.165) is 35.8 Å². The van der Waals surface area contributed by atoms with Crippen molar-refractivity contribution >= 4 is 22.9 Å². The number of aromatic nitrogens is 2. The summed E-state index contributed by atoms with van der Waals surface area (Å²) in [4.78, 5) is 24.6. The lowest BCUT2D eigenvalue weighted by Gasteiger charge is -2.34. The predicted molar refractivity (Wildman–Crippen MR) is 114 cm³/mol. The molecule has 0 aliphatic carbocycles. The van der Waals surface area contributed by atoms with E-state index in [-0.39, 0.29) is 5.91 Å². The summed E-state index contributed by atoms with van der Waals surface area (Å²) in [6.07, 6.45) is 0. The molecule has 1 aliphatic rings. The third kappa shape index (κ3) is 4.49. The number of anilines is 1. The average molecular weight is 412 g/mol. The van der Waals surface area contributed by atoms with Crippen molar-refractivity contribution < 1.29 is 9.32 Å². The van der Waals surface area contributed by atoms with Crippen molar-refractivity contribution in [3.63, 3.8) is 0 Å². The maximum atomic E-state index is 12.8. The number of piperazine rings is 1. The zero-order valence-corrected chi connectivity index (χ0v) is 17.6. The minimum Gasteiger partial charge on any atom is -0.375 e. The van der Waals surface area contributed by atoms with Crippen LogP contribution in [-0.2, 0) is 6.54 Å². The first-order valence-electron chi connectivity index (χ1n) is 9.83. The number of carbonyl (C=O) groups is 1. The van der Waals surface area contributed by atoms with Gasteiger partial charge in [-0.2, -0.15) is 4.98 Å². The summed E-state index contributed by atoms with van der Waals surface area (Å²) in [6.45, 7) is 6.67.